The molecule has 0 spiro atoms. The van der Waals surface area contributed by atoms with Crippen LogP contribution in [0.5, 0.6) is 0 Å². The number of rotatable bonds is 3. The molecule has 0 fully saturated rings. The van der Waals surface area contributed by atoms with E-state index in [1.165, 1.54) is 0 Å². The molecule has 0 aliphatic carbocycles. The normalized spacial score (nSPS) is 18.3. The number of nitriles is 2. The molecule has 0 saturated carbocycles. The summed E-state index contributed by atoms with van der Waals surface area (Å²) in [4.78, 5) is 6.06. The van der Waals surface area contributed by atoms with Crippen molar-refractivity contribution in [2.24, 2.45) is 4.99 Å². The van der Waals surface area contributed by atoms with E-state index in [4.69, 9.17) is 4.74 Å². The molecule has 1 aromatic rings. The fourth-order valence-corrected chi connectivity index (χ4v) is 2.20. The van der Waals surface area contributed by atoms with Crippen molar-refractivity contribution in [2.75, 3.05) is 13.7 Å². The van der Waals surface area contributed by atoms with Crippen molar-refractivity contribution in [3.05, 3.63) is 47.3 Å². The summed E-state index contributed by atoms with van der Waals surface area (Å²) in [5, 5.41) is 18.4. The Morgan fingerprint density at radius 1 is 1.25 bits per heavy atom. The molecule has 1 unspecified atom stereocenters. The lowest BCUT2D eigenvalue weighted by atomic mass is 10.1. The number of ether oxygens (including phenoxy) is 1. The van der Waals surface area contributed by atoms with Crippen molar-refractivity contribution in [3.63, 3.8) is 0 Å². The number of methoxy groups -OCH3 is 1. The first-order valence-corrected chi connectivity index (χ1v) is 6.24. The summed E-state index contributed by atoms with van der Waals surface area (Å²) in [6.07, 6.45) is -0.464. The van der Waals surface area contributed by atoms with Gasteiger partial charge < -0.3 is 9.64 Å². The minimum Gasteiger partial charge on any atom is -0.356 e. The summed E-state index contributed by atoms with van der Waals surface area (Å²) in [5.74, 6) is 0. The molecule has 0 radical (unpaired) electrons. The summed E-state index contributed by atoms with van der Waals surface area (Å²) < 4.78 is 5.49. The van der Waals surface area contributed by atoms with E-state index in [-0.39, 0.29) is 11.4 Å². The molecule has 0 amide bonds. The van der Waals surface area contributed by atoms with Crippen molar-refractivity contribution in [1.82, 2.24) is 4.90 Å². The maximum Gasteiger partial charge on any atom is 0.175 e. The predicted molar refractivity (Wildman–Crippen MR) is 74.4 cm³/mol. The number of hydrogen-bond donors (Lipinski definition) is 0. The van der Waals surface area contributed by atoms with Gasteiger partial charge in [0.2, 0.25) is 0 Å². The first-order chi connectivity index (χ1) is 9.76. The molecule has 0 bridgehead atoms. The van der Waals surface area contributed by atoms with Gasteiger partial charge in [0, 0.05) is 19.2 Å². The largest absolute Gasteiger partial charge is 0.356 e. The van der Waals surface area contributed by atoms with E-state index in [1.807, 2.05) is 49.4 Å². The monoisotopic (exact) mass is 266 g/mol. The summed E-state index contributed by atoms with van der Waals surface area (Å²) in [7, 11) is 1.57. The van der Waals surface area contributed by atoms with Crippen molar-refractivity contribution in [3.8, 4) is 12.1 Å². The summed E-state index contributed by atoms with van der Waals surface area (Å²) in [6, 6.07) is 13.5. The third kappa shape index (κ3) is 2.27. The minimum absolute atomic E-state index is 0.126. The van der Waals surface area contributed by atoms with Gasteiger partial charge in [-0.3, -0.25) is 0 Å². The van der Waals surface area contributed by atoms with Gasteiger partial charge in [-0.25, -0.2) is 4.99 Å². The molecule has 2 rings (SSSR count). The first-order valence-electron chi connectivity index (χ1n) is 6.24. The van der Waals surface area contributed by atoms with Crippen LogP contribution in [-0.4, -0.2) is 30.5 Å². The quantitative estimate of drug-likeness (QED) is 0.839. The lowest BCUT2D eigenvalue weighted by Gasteiger charge is -2.34. The van der Waals surface area contributed by atoms with Crippen LogP contribution in [0.3, 0.4) is 0 Å². The highest BCUT2D eigenvalue weighted by atomic mass is 16.5. The van der Waals surface area contributed by atoms with Crippen LogP contribution in [0.15, 0.2) is 46.7 Å². The van der Waals surface area contributed by atoms with Crippen LogP contribution in [0.25, 0.3) is 0 Å². The second-order valence-electron chi connectivity index (χ2n) is 4.16. The van der Waals surface area contributed by atoms with Gasteiger partial charge in [0.05, 0.1) is 5.71 Å². The Morgan fingerprint density at radius 2 is 1.95 bits per heavy atom. The Hall–Kier alpha value is -2.63. The maximum atomic E-state index is 9.24. The van der Waals surface area contributed by atoms with Gasteiger partial charge in [0.15, 0.2) is 17.6 Å². The fourth-order valence-electron chi connectivity index (χ4n) is 2.20. The zero-order chi connectivity index (χ0) is 14.5. The van der Waals surface area contributed by atoms with Gasteiger partial charge in [-0.1, -0.05) is 30.3 Å². The maximum absolute atomic E-state index is 9.24. The fraction of sp³-hybridized carbons (Fsp3) is 0.267. The zero-order valence-corrected chi connectivity index (χ0v) is 11.4. The van der Waals surface area contributed by atoms with Gasteiger partial charge in [0.1, 0.15) is 12.1 Å². The first kappa shape index (κ1) is 13.8. The van der Waals surface area contributed by atoms with Crippen LogP contribution >= 0.6 is 0 Å². The molecule has 1 heterocycles. The van der Waals surface area contributed by atoms with E-state index >= 15 is 0 Å². The highest BCUT2D eigenvalue weighted by Crippen LogP contribution is 2.24. The summed E-state index contributed by atoms with van der Waals surface area (Å²) >= 11 is 0. The molecule has 1 atom stereocenters. The molecule has 1 aromatic carbocycles. The molecule has 20 heavy (non-hydrogen) atoms. The molecular weight excluding hydrogens is 252 g/mol. The van der Waals surface area contributed by atoms with Gasteiger partial charge in [-0.05, 0) is 6.92 Å². The standard InChI is InChI=1S/C15H14N4O/c1-3-19-13(10-17)12(9-16)18-14(15(19)20-2)11-7-5-4-6-8-11/h4-8,15H,3H2,1-2H3. The molecule has 0 N–H and O–H groups in total. The molecule has 5 heteroatoms. The second-order valence-corrected chi connectivity index (χ2v) is 4.16. The smallest absolute Gasteiger partial charge is 0.175 e. The second kappa shape index (κ2) is 6.01. The lowest BCUT2D eigenvalue weighted by molar-refractivity contribution is 0.0424. The highest BCUT2D eigenvalue weighted by molar-refractivity contribution is 6.05. The van der Waals surface area contributed by atoms with Crippen molar-refractivity contribution in [1.29, 1.82) is 10.5 Å². The minimum atomic E-state index is -0.464. The third-order valence-corrected chi connectivity index (χ3v) is 3.11. The molecule has 5 nitrogen and oxygen atoms in total. The van der Waals surface area contributed by atoms with E-state index in [2.05, 4.69) is 4.99 Å². The molecule has 1 aliphatic heterocycles. The van der Waals surface area contributed by atoms with Crippen LogP contribution < -0.4 is 0 Å². The zero-order valence-electron chi connectivity index (χ0n) is 11.4. The molecular formula is C15H14N4O. The van der Waals surface area contributed by atoms with Crippen LogP contribution in [0, 0.1) is 22.7 Å². The van der Waals surface area contributed by atoms with Gasteiger partial charge in [0.25, 0.3) is 0 Å². The Labute approximate surface area is 118 Å². The van der Waals surface area contributed by atoms with E-state index in [0.717, 1.165) is 5.56 Å². The predicted octanol–water partition coefficient (Wildman–Crippen LogP) is 2.04. The number of hydrogen-bond acceptors (Lipinski definition) is 5. The van der Waals surface area contributed by atoms with Gasteiger partial charge in [-0.2, -0.15) is 10.5 Å². The SMILES string of the molecule is CCN1C(C#N)=C(C#N)N=C(c2ccccc2)C1OC. The third-order valence-electron chi connectivity index (χ3n) is 3.11. The van der Waals surface area contributed by atoms with E-state index in [0.29, 0.717) is 12.3 Å². The topological polar surface area (TPSA) is 72.4 Å². The average Bonchev–Trinajstić information content (AvgIpc) is 2.53. The number of benzene rings is 1. The number of likely N-dealkylation sites (N-methyl/N-ethyl adjacent to an activating group) is 1. The number of nitrogens with zero attached hydrogens (tertiary/aromatic N) is 4. The number of aliphatic imine (C=N–C) groups is 1. The van der Waals surface area contributed by atoms with Crippen LogP contribution in [0.2, 0.25) is 0 Å². The Bertz CT molecular complexity index is 634. The number of allylic oxidation sites excluding steroid dienone is 2. The lowest BCUT2D eigenvalue weighted by Crippen LogP contribution is -2.44. The van der Waals surface area contributed by atoms with Crippen molar-refractivity contribution < 1.29 is 4.74 Å². The van der Waals surface area contributed by atoms with E-state index < -0.39 is 6.23 Å². The van der Waals surface area contributed by atoms with E-state index in [1.54, 1.807) is 12.0 Å². The average molecular weight is 266 g/mol. The van der Waals surface area contributed by atoms with Gasteiger partial charge >= 0.3 is 0 Å². The Kier molecular flexibility index (Phi) is 4.14. The Morgan fingerprint density at radius 3 is 2.45 bits per heavy atom. The summed E-state index contributed by atoms with van der Waals surface area (Å²) in [5.41, 5.74) is 1.90. The van der Waals surface area contributed by atoms with Crippen LogP contribution in [0.1, 0.15) is 12.5 Å². The molecule has 100 valence electrons. The van der Waals surface area contributed by atoms with Crippen LogP contribution in [-0.2, 0) is 4.74 Å². The van der Waals surface area contributed by atoms with E-state index in [9.17, 15) is 10.5 Å². The Balaban J connectivity index is 2.61. The molecule has 0 saturated heterocycles. The molecule has 0 aromatic heterocycles. The summed E-state index contributed by atoms with van der Waals surface area (Å²) in [6.45, 7) is 2.46. The van der Waals surface area contributed by atoms with Crippen LogP contribution in [0.4, 0.5) is 0 Å². The molecule has 1 aliphatic rings. The van der Waals surface area contributed by atoms with Crippen molar-refractivity contribution in [2.45, 2.75) is 13.2 Å². The highest BCUT2D eigenvalue weighted by Gasteiger charge is 2.32. The van der Waals surface area contributed by atoms with Crippen molar-refractivity contribution >= 4 is 5.71 Å². The van der Waals surface area contributed by atoms with Gasteiger partial charge in [-0.15, -0.1) is 0 Å².